The molecule has 0 saturated carbocycles. The van der Waals surface area contributed by atoms with Crippen molar-refractivity contribution < 1.29 is 14.3 Å². The molecule has 23 heavy (non-hydrogen) atoms. The molecule has 0 aliphatic carbocycles. The molecule has 2 unspecified atom stereocenters. The van der Waals surface area contributed by atoms with Gasteiger partial charge in [0.15, 0.2) is 0 Å². The van der Waals surface area contributed by atoms with Gasteiger partial charge in [-0.15, -0.1) is 0 Å². The molecule has 2 amide bonds. The van der Waals surface area contributed by atoms with Gasteiger partial charge in [0.05, 0.1) is 11.8 Å². The summed E-state index contributed by atoms with van der Waals surface area (Å²) in [7, 11) is 1.84. The highest BCUT2D eigenvalue weighted by Gasteiger charge is 2.26. The second-order valence-electron chi connectivity index (χ2n) is 6.24. The second-order valence-corrected chi connectivity index (χ2v) is 6.24. The first-order valence-corrected chi connectivity index (χ1v) is 8.15. The Kier molecular flexibility index (Phi) is 6.21. The van der Waals surface area contributed by atoms with Crippen LogP contribution in [0.4, 0.5) is 14.9 Å². The van der Waals surface area contributed by atoms with Crippen molar-refractivity contribution in [1.82, 2.24) is 10.2 Å². The Morgan fingerprint density at radius 1 is 1.48 bits per heavy atom. The van der Waals surface area contributed by atoms with E-state index in [1.54, 1.807) is 23.1 Å². The largest absolute Gasteiger partial charge is 0.391 e. The minimum atomic E-state index is -0.443. The Bertz CT molecular complexity index is 526. The van der Waals surface area contributed by atoms with Crippen LogP contribution >= 0.6 is 0 Å². The van der Waals surface area contributed by atoms with Crippen LogP contribution in [-0.4, -0.2) is 55.4 Å². The topological polar surface area (TPSA) is 55.8 Å². The number of nitrogens with one attached hydrogen (secondary N) is 1. The summed E-state index contributed by atoms with van der Waals surface area (Å²) in [5, 5.41) is 12.7. The Balaban J connectivity index is 1.69. The number of piperidine rings is 1. The number of carbonyl (C=O) groups excluding carboxylic acids is 1. The lowest BCUT2D eigenvalue weighted by Crippen LogP contribution is -2.49. The van der Waals surface area contributed by atoms with Crippen molar-refractivity contribution >= 4 is 11.7 Å². The standard InChI is InChI=1S/C17H26FN3O2/c1-13-8-11-21(12-16(13)22)17(23)19-9-5-10-20(2)15-7-4-3-6-14(15)18/h3-4,6-7,13,16,22H,5,8-12H2,1-2H3,(H,19,23). The molecule has 2 N–H and O–H groups in total. The van der Waals surface area contributed by atoms with Crippen molar-refractivity contribution in [3.05, 3.63) is 30.1 Å². The summed E-state index contributed by atoms with van der Waals surface area (Å²) >= 11 is 0. The normalized spacial score (nSPS) is 21.1. The Labute approximate surface area is 137 Å². The molecule has 6 heteroatoms. The number of aliphatic hydroxyl groups excluding tert-OH is 1. The Morgan fingerprint density at radius 3 is 2.91 bits per heavy atom. The number of aliphatic hydroxyl groups is 1. The maximum atomic E-state index is 13.6. The quantitative estimate of drug-likeness (QED) is 0.816. The van der Waals surface area contributed by atoms with Gasteiger partial charge in [0.1, 0.15) is 5.82 Å². The zero-order chi connectivity index (χ0) is 16.8. The van der Waals surface area contributed by atoms with Crippen molar-refractivity contribution in [2.75, 3.05) is 38.1 Å². The third kappa shape index (κ3) is 4.82. The lowest BCUT2D eigenvalue weighted by molar-refractivity contribution is 0.0436. The number of hydrogen-bond acceptors (Lipinski definition) is 3. The van der Waals surface area contributed by atoms with Crippen molar-refractivity contribution in [1.29, 1.82) is 0 Å². The summed E-state index contributed by atoms with van der Waals surface area (Å²) in [6, 6.07) is 6.52. The Morgan fingerprint density at radius 2 is 2.22 bits per heavy atom. The van der Waals surface area contributed by atoms with Gasteiger partial charge in [-0.2, -0.15) is 0 Å². The predicted molar refractivity (Wildman–Crippen MR) is 89.0 cm³/mol. The number of hydrogen-bond donors (Lipinski definition) is 2. The van der Waals surface area contributed by atoms with E-state index in [1.807, 2.05) is 18.9 Å². The summed E-state index contributed by atoms with van der Waals surface area (Å²) in [6.45, 7) is 4.25. The van der Waals surface area contributed by atoms with E-state index in [9.17, 15) is 14.3 Å². The molecule has 128 valence electrons. The number of β-amino-alcohol motifs (C(OH)–C–C–N with tert-alkyl or cyclic N) is 1. The first-order chi connectivity index (χ1) is 11.0. The summed E-state index contributed by atoms with van der Waals surface area (Å²) < 4.78 is 13.6. The molecule has 1 aromatic rings. The third-order valence-corrected chi connectivity index (χ3v) is 4.42. The molecule has 1 aliphatic heterocycles. The van der Waals surface area contributed by atoms with Crippen LogP contribution in [0, 0.1) is 11.7 Å². The molecule has 0 aromatic heterocycles. The number of urea groups is 1. The fraction of sp³-hybridized carbons (Fsp3) is 0.588. The highest BCUT2D eigenvalue weighted by molar-refractivity contribution is 5.74. The zero-order valence-electron chi connectivity index (χ0n) is 13.8. The number of para-hydroxylation sites is 1. The molecule has 0 bridgehead atoms. The van der Waals surface area contributed by atoms with Gasteiger partial charge in [-0.05, 0) is 30.9 Å². The first-order valence-electron chi connectivity index (χ1n) is 8.15. The van der Waals surface area contributed by atoms with Crippen molar-refractivity contribution in [2.45, 2.75) is 25.9 Å². The molecule has 1 heterocycles. The van der Waals surface area contributed by atoms with E-state index in [-0.39, 0.29) is 17.8 Å². The molecular weight excluding hydrogens is 297 g/mol. The molecule has 2 atom stereocenters. The summed E-state index contributed by atoms with van der Waals surface area (Å²) in [6.07, 6.45) is 1.11. The number of nitrogens with zero attached hydrogens (tertiary/aromatic N) is 2. The monoisotopic (exact) mass is 323 g/mol. The molecule has 2 rings (SSSR count). The van der Waals surface area contributed by atoms with Gasteiger partial charge in [-0.3, -0.25) is 0 Å². The number of carbonyl (C=O) groups is 1. The molecule has 1 fully saturated rings. The van der Waals surface area contributed by atoms with Crippen LogP contribution in [0.2, 0.25) is 0 Å². The maximum Gasteiger partial charge on any atom is 0.317 e. The summed E-state index contributed by atoms with van der Waals surface area (Å²) in [4.78, 5) is 15.5. The second kappa shape index (κ2) is 8.15. The van der Waals surface area contributed by atoms with Crippen LogP contribution in [-0.2, 0) is 0 Å². The van der Waals surface area contributed by atoms with E-state index in [4.69, 9.17) is 0 Å². The van der Waals surface area contributed by atoms with Gasteiger partial charge < -0.3 is 20.2 Å². The minimum absolute atomic E-state index is 0.135. The smallest absolute Gasteiger partial charge is 0.317 e. The van der Waals surface area contributed by atoms with E-state index < -0.39 is 6.10 Å². The number of benzene rings is 1. The fourth-order valence-corrected chi connectivity index (χ4v) is 2.74. The molecule has 1 aromatic carbocycles. The van der Waals surface area contributed by atoms with Crippen LogP contribution in [0.1, 0.15) is 19.8 Å². The maximum absolute atomic E-state index is 13.6. The van der Waals surface area contributed by atoms with Crippen molar-refractivity contribution in [3.8, 4) is 0 Å². The first kappa shape index (κ1) is 17.5. The van der Waals surface area contributed by atoms with Gasteiger partial charge in [0, 0.05) is 33.2 Å². The van der Waals surface area contributed by atoms with Crippen LogP contribution < -0.4 is 10.2 Å². The number of rotatable bonds is 5. The van der Waals surface area contributed by atoms with Crippen molar-refractivity contribution in [2.24, 2.45) is 5.92 Å². The van der Waals surface area contributed by atoms with Gasteiger partial charge in [-0.25, -0.2) is 9.18 Å². The predicted octanol–water partition coefficient (Wildman–Crippen LogP) is 2.06. The van der Waals surface area contributed by atoms with E-state index in [0.29, 0.717) is 31.9 Å². The average Bonchev–Trinajstić information content (AvgIpc) is 2.54. The molecule has 5 nitrogen and oxygen atoms in total. The SMILES string of the molecule is CC1CCN(C(=O)NCCCN(C)c2ccccc2F)CC1O. The van der Waals surface area contributed by atoms with E-state index in [1.165, 1.54) is 6.07 Å². The summed E-state index contributed by atoms with van der Waals surface area (Å²) in [5.74, 6) is 0.00364. The molecule has 0 radical (unpaired) electrons. The highest BCUT2D eigenvalue weighted by Crippen LogP contribution is 2.18. The van der Waals surface area contributed by atoms with Gasteiger partial charge in [-0.1, -0.05) is 19.1 Å². The zero-order valence-corrected chi connectivity index (χ0v) is 13.8. The van der Waals surface area contributed by atoms with Gasteiger partial charge >= 0.3 is 6.03 Å². The lowest BCUT2D eigenvalue weighted by Gasteiger charge is -2.34. The molecule has 1 saturated heterocycles. The number of amides is 2. The van der Waals surface area contributed by atoms with Crippen LogP contribution in [0.15, 0.2) is 24.3 Å². The lowest BCUT2D eigenvalue weighted by atomic mass is 9.96. The van der Waals surface area contributed by atoms with Crippen LogP contribution in [0.3, 0.4) is 0 Å². The van der Waals surface area contributed by atoms with Gasteiger partial charge in [0.2, 0.25) is 0 Å². The van der Waals surface area contributed by atoms with Crippen LogP contribution in [0.25, 0.3) is 0 Å². The van der Waals surface area contributed by atoms with Crippen molar-refractivity contribution in [3.63, 3.8) is 0 Å². The molecule has 1 aliphatic rings. The fourth-order valence-electron chi connectivity index (χ4n) is 2.74. The van der Waals surface area contributed by atoms with Crippen LogP contribution in [0.5, 0.6) is 0 Å². The summed E-state index contributed by atoms with van der Waals surface area (Å²) in [5.41, 5.74) is 0.562. The highest BCUT2D eigenvalue weighted by atomic mass is 19.1. The van der Waals surface area contributed by atoms with Gasteiger partial charge in [0.25, 0.3) is 0 Å². The van der Waals surface area contributed by atoms with E-state index >= 15 is 0 Å². The molecule has 0 spiro atoms. The third-order valence-electron chi connectivity index (χ3n) is 4.42. The number of anilines is 1. The number of halogens is 1. The number of likely N-dealkylation sites (tertiary alicyclic amines) is 1. The Hall–Kier alpha value is -1.82. The average molecular weight is 323 g/mol. The molecular formula is C17H26FN3O2. The van der Waals surface area contributed by atoms with E-state index in [0.717, 1.165) is 12.8 Å². The minimum Gasteiger partial charge on any atom is -0.391 e. The van der Waals surface area contributed by atoms with E-state index in [2.05, 4.69) is 5.32 Å².